The minimum atomic E-state index is 0.565. The van der Waals surface area contributed by atoms with E-state index in [1.54, 1.807) is 6.08 Å². The summed E-state index contributed by atoms with van der Waals surface area (Å²) in [5.74, 6) is 1.80. The van der Waals surface area contributed by atoms with Crippen LogP contribution in [0, 0.1) is 5.92 Å². The van der Waals surface area contributed by atoms with Crippen molar-refractivity contribution >= 4 is 0 Å². The van der Waals surface area contributed by atoms with Gasteiger partial charge in [-0.15, -0.1) is 0 Å². The Morgan fingerprint density at radius 1 is 1.24 bits per heavy atom. The Morgan fingerprint density at radius 2 is 1.95 bits per heavy atom. The molecule has 2 nitrogen and oxygen atoms in total. The normalized spacial score (nSPS) is 18.0. The van der Waals surface area contributed by atoms with Crippen molar-refractivity contribution in [2.45, 2.75) is 58.0 Å². The van der Waals surface area contributed by atoms with Crippen molar-refractivity contribution in [3.63, 3.8) is 0 Å². The fraction of sp³-hybridized carbons (Fsp3) is 0.579. The molecule has 1 atom stereocenters. The molecule has 0 unspecified atom stereocenters. The van der Waals surface area contributed by atoms with Gasteiger partial charge in [0.25, 0.3) is 0 Å². The molecule has 2 heteroatoms. The maximum atomic E-state index is 5.73. The Morgan fingerprint density at radius 3 is 2.67 bits per heavy atom. The molecule has 1 aromatic rings. The van der Waals surface area contributed by atoms with E-state index in [2.05, 4.69) is 31.0 Å². The molecule has 1 fully saturated rings. The molecular formula is C19H29NO. The van der Waals surface area contributed by atoms with Crippen molar-refractivity contribution in [3.8, 4) is 5.75 Å². The van der Waals surface area contributed by atoms with Crippen LogP contribution in [0.3, 0.4) is 0 Å². The van der Waals surface area contributed by atoms with Gasteiger partial charge in [0.05, 0.1) is 0 Å². The summed E-state index contributed by atoms with van der Waals surface area (Å²) in [7, 11) is 0. The van der Waals surface area contributed by atoms with Gasteiger partial charge in [0.2, 0.25) is 0 Å². The highest BCUT2D eigenvalue weighted by Gasteiger charge is 2.18. The van der Waals surface area contributed by atoms with Crippen LogP contribution in [0.2, 0.25) is 0 Å². The Labute approximate surface area is 129 Å². The second kappa shape index (κ2) is 8.89. The summed E-state index contributed by atoms with van der Waals surface area (Å²) in [5.41, 5.74) is 1.24. The molecular weight excluding hydrogens is 258 g/mol. The average molecular weight is 287 g/mol. The van der Waals surface area contributed by atoms with Gasteiger partial charge in [0.15, 0.2) is 0 Å². The Bertz CT molecular complexity index is 421. The minimum Gasteiger partial charge on any atom is -0.489 e. The van der Waals surface area contributed by atoms with Gasteiger partial charge in [-0.25, -0.2) is 0 Å². The van der Waals surface area contributed by atoms with Gasteiger partial charge in [-0.2, -0.15) is 0 Å². The number of para-hydroxylation sites is 1. The van der Waals surface area contributed by atoms with Crippen molar-refractivity contribution in [2.75, 3.05) is 6.61 Å². The van der Waals surface area contributed by atoms with Gasteiger partial charge >= 0.3 is 0 Å². The van der Waals surface area contributed by atoms with Crippen LogP contribution in [0.5, 0.6) is 5.75 Å². The van der Waals surface area contributed by atoms with E-state index in [9.17, 15) is 0 Å². The molecule has 1 aromatic carbocycles. The molecule has 0 radical (unpaired) electrons. The van der Waals surface area contributed by atoms with E-state index in [1.165, 1.54) is 44.1 Å². The second-order valence-electron chi connectivity index (χ2n) is 6.13. The predicted octanol–water partition coefficient (Wildman–Crippen LogP) is 4.70. The van der Waals surface area contributed by atoms with Gasteiger partial charge in [-0.05, 0) is 31.7 Å². The Hall–Kier alpha value is -1.28. The molecule has 0 aromatic heterocycles. The average Bonchev–Trinajstić information content (AvgIpc) is 2.80. The van der Waals surface area contributed by atoms with Crippen LogP contribution in [-0.4, -0.2) is 12.6 Å². The van der Waals surface area contributed by atoms with Crippen molar-refractivity contribution in [1.82, 2.24) is 5.32 Å². The van der Waals surface area contributed by atoms with E-state index in [0.717, 1.165) is 18.2 Å². The summed E-state index contributed by atoms with van der Waals surface area (Å²) < 4.78 is 5.73. The van der Waals surface area contributed by atoms with E-state index >= 15 is 0 Å². The second-order valence-corrected chi connectivity index (χ2v) is 6.13. The summed E-state index contributed by atoms with van der Waals surface area (Å²) in [6, 6.07) is 8.86. The lowest BCUT2D eigenvalue weighted by molar-refractivity contribution is 0.329. The fourth-order valence-corrected chi connectivity index (χ4v) is 3.19. The highest BCUT2D eigenvalue weighted by molar-refractivity contribution is 5.33. The molecule has 1 aliphatic rings. The summed E-state index contributed by atoms with van der Waals surface area (Å²) in [5, 5.41) is 3.71. The number of nitrogens with one attached hydrogen (secondary N) is 1. The lowest BCUT2D eigenvalue weighted by atomic mass is 9.93. The highest BCUT2D eigenvalue weighted by Crippen LogP contribution is 2.26. The zero-order valence-corrected chi connectivity index (χ0v) is 13.3. The monoisotopic (exact) mass is 287 g/mol. The number of hydrogen-bond acceptors (Lipinski definition) is 2. The molecule has 116 valence electrons. The van der Waals surface area contributed by atoms with E-state index in [1.807, 2.05) is 12.1 Å². The summed E-state index contributed by atoms with van der Waals surface area (Å²) >= 11 is 0. The maximum absolute atomic E-state index is 5.73. The molecule has 0 bridgehead atoms. The molecule has 0 heterocycles. The molecule has 2 rings (SSSR count). The molecule has 0 spiro atoms. The third-order valence-corrected chi connectivity index (χ3v) is 4.55. The fourth-order valence-electron chi connectivity index (χ4n) is 3.19. The maximum Gasteiger partial charge on any atom is 0.124 e. The highest BCUT2D eigenvalue weighted by atomic mass is 16.5. The van der Waals surface area contributed by atoms with Gasteiger partial charge < -0.3 is 10.1 Å². The van der Waals surface area contributed by atoms with Gasteiger partial charge in [-0.3, -0.25) is 0 Å². The SMILES string of the molecule is C=CCOc1ccccc1CN[C@H](C)C1CCCCCC1. The van der Waals surface area contributed by atoms with Crippen LogP contribution >= 0.6 is 0 Å². The number of ether oxygens (including phenoxy) is 1. The van der Waals surface area contributed by atoms with Crippen LogP contribution < -0.4 is 10.1 Å². The van der Waals surface area contributed by atoms with E-state index in [-0.39, 0.29) is 0 Å². The van der Waals surface area contributed by atoms with Crippen molar-refractivity contribution in [1.29, 1.82) is 0 Å². The Balaban J connectivity index is 1.87. The largest absolute Gasteiger partial charge is 0.489 e. The molecule has 0 saturated heterocycles. The summed E-state index contributed by atoms with van der Waals surface area (Å²) in [6.45, 7) is 7.49. The Kier molecular flexibility index (Phi) is 6.81. The van der Waals surface area contributed by atoms with Crippen LogP contribution in [0.4, 0.5) is 0 Å². The smallest absolute Gasteiger partial charge is 0.124 e. The number of hydrogen-bond donors (Lipinski definition) is 1. The molecule has 1 N–H and O–H groups in total. The zero-order chi connectivity index (χ0) is 14.9. The molecule has 1 saturated carbocycles. The minimum absolute atomic E-state index is 0.565. The van der Waals surface area contributed by atoms with Gasteiger partial charge in [0.1, 0.15) is 12.4 Å². The third kappa shape index (κ3) is 5.20. The first-order valence-corrected chi connectivity index (χ1v) is 8.36. The predicted molar refractivity (Wildman–Crippen MR) is 89.6 cm³/mol. The van der Waals surface area contributed by atoms with E-state index in [0.29, 0.717) is 12.6 Å². The topological polar surface area (TPSA) is 21.3 Å². The first-order valence-electron chi connectivity index (χ1n) is 8.36. The summed E-state index contributed by atoms with van der Waals surface area (Å²) in [6.07, 6.45) is 10.2. The standard InChI is InChI=1S/C19H29NO/c1-3-14-21-19-13-9-8-12-18(19)15-20-16(2)17-10-6-4-5-7-11-17/h3,8-9,12-13,16-17,20H,1,4-7,10-11,14-15H2,2H3/t16-/m1/s1. The number of benzene rings is 1. The lowest BCUT2D eigenvalue weighted by Crippen LogP contribution is -2.33. The summed E-state index contributed by atoms with van der Waals surface area (Å²) in [4.78, 5) is 0. The first kappa shape index (κ1) is 16.1. The van der Waals surface area contributed by atoms with Crippen molar-refractivity contribution < 1.29 is 4.74 Å². The van der Waals surface area contributed by atoms with Crippen LogP contribution in [-0.2, 0) is 6.54 Å². The van der Waals surface area contributed by atoms with Gasteiger partial charge in [0, 0.05) is 18.2 Å². The van der Waals surface area contributed by atoms with Gasteiger partial charge in [-0.1, -0.05) is 56.5 Å². The van der Waals surface area contributed by atoms with E-state index < -0.39 is 0 Å². The molecule has 0 amide bonds. The third-order valence-electron chi connectivity index (χ3n) is 4.55. The molecule has 1 aliphatic carbocycles. The zero-order valence-electron chi connectivity index (χ0n) is 13.3. The van der Waals surface area contributed by atoms with E-state index in [4.69, 9.17) is 4.74 Å². The number of rotatable bonds is 7. The van der Waals surface area contributed by atoms with Crippen molar-refractivity contribution in [2.24, 2.45) is 5.92 Å². The molecule has 21 heavy (non-hydrogen) atoms. The van der Waals surface area contributed by atoms with Crippen LogP contribution in [0.1, 0.15) is 51.0 Å². The molecule has 0 aliphatic heterocycles. The van der Waals surface area contributed by atoms with Crippen molar-refractivity contribution in [3.05, 3.63) is 42.5 Å². The quantitative estimate of drug-likeness (QED) is 0.580. The van der Waals surface area contributed by atoms with Crippen LogP contribution in [0.25, 0.3) is 0 Å². The first-order chi connectivity index (χ1) is 10.3. The van der Waals surface area contributed by atoms with Crippen LogP contribution in [0.15, 0.2) is 36.9 Å². The lowest BCUT2D eigenvalue weighted by Gasteiger charge is -2.24.